The van der Waals surface area contributed by atoms with Gasteiger partial charge in [-0.3, -0.25) is 9.69 Å². The van der Waals surface area contributed by atoms with Crippen molar-refractivity contribution in [2.24, 2.45) is 11.1 Å². The first kappa shape index (κ1) is 17.6. The lowest BCUT2D eigenvalue weighted by molar-refractivity contribution is -0.115. The van der Waals surface area contributed by atoms with Crippen LogP contribution in [0.15, 0.2) is 53.7 Å². The number of hydrogen-bond acceptors (Lipinski definition) is 4. The molecular formula is C20H19F2N3O2. The van der Waals surface area contributed by atoms with E-state index in [1.807, 2.05) is 35.2 Å². The van der Waals surface area contributed by atoms with Crippen molar-refractivity contribution in [1.29, 1.82) is 0 Å². The molecular weight excluding hydrogens is 352 g/mol. The topological polar surface area (TPSA) is 53.9 Å². The molecule has 0 unspecified atom stereocenters. The van der Waals surface area contributed by atoms with Gasteiger partial charge in [0.05, 0.1) is 5.92 Å². The minimum Gasteiger partial charge on any atom is -0.390 e. The second-order valence-corrected chi connectivity index (χ2v) is 6.80. The second-order valence-electron chi connectivity index (χ2n) is 6.80. The van der Waals surface area contributed by atoms with Crippen LogP contribution in [-0.2, 0) is 22.7 Å². The summed E-state index contributed by atoms with van der Waals surface area (Å²) in [5.74, 6) is -2.11. The van der Waals surface area contributed by atoms with Crippen molar-refractivity contribution in [3.63, 3.8) is 0 Å². The summed E-state index contributed by atoms with van der Waals surface area (Å²) in [5.41, 5.74) is 1.65. The largest absolute Gasteiger partial charge is 0.390 e. The van der Waals surface area contributed by atoms with Crippen LogP contribution in [0.4, 0.5) is 8.78 Å². The maximum Gasteiger partial charge on any atom is 0.269 e. The molecule has 0 aliphatic carbocycles. The van der Waals surface area contributed by atoms with E-state index in [4.69, 9.17) is 4.84 Å². The standard InChI is InChI=1S/C20H19F2N3O2/c21-16-8-4-7-14(18(16)22)10-25-11-15-17(12-25)27-24-19(15)20(26)23-9-13-5-2-1-3-6-13/h1-8,15,17H,9-12H2,(H,23,26)/t15-,17+/m0/s1. The molecule has 1 saturated heterocycles. The van der Waals surface area contributed by atoms with Gasteiger partial charge in [0.2, 0.25) is 0 Å². The molecule has 0 saturated carbocycles. The molecule has 1 fully saturated rings. The van der Waals surface area contributed by atoms with Crippen molar-refractivity contribution < 1.29 is 18.4 Å². The molecule has 0 spiro atoms. The van der Waals surface area contributed by atoms with Gasteiger partial charge in [-0.15, -0.1) is 0 Å². The number of carbonyl (C=O) groups excluding carboxylic acids is 1. The van der Waals surface area contributed by atoms with Gasteiger partial charge in [0.25, 0.3) is 5.91 Å². The fourth-order valence-corrected chi connectivity index (χ4v) is 3.53. The van der Waals surface area contributed by atoms with E-state index in [2.05, 4.69) is 10.5 Å². The molecule has 4 rings (SSSR count). The first-order valence-corrected chi connectivity index (χ1v) is 8.83. The lowest BCUT2D eigenvalue weighted by atomic mass is 10.0. The summed E-state index contributed by atoms with van der Waals surface area (Å²) < 4.78 is 27.3. The van der Waals surface area contributed by atoms with Gasteiger partial charge in [0.1, 0.15) is 6.10 Å². The quantitative estimate of drug-likeness (QED) is 0.879. The van der Waals surface area contributed by atoms with Crippen molar-refractivity contribution in [2.45, 2.75) is 19.2 Å². The first-order chi connectivity index (χ1) is 13.1. The summed E-state index contributed by atoms with van der Waals surface area (Å²) in [6, 6.07) is 13.8. The summed E-state index contributed by atoms with van der Waals surface area (Å²) in [6.45, 7) is 1.70. The zero-order valence-corrected chi connectivity index (χ0v) is 14.6. The highest BCUT2D eigenvalue weighted by molar-refractivity contribution is 6.40. The summed E-state index contributed by atoms with van der Waals surface area (Å²) in [6.07, 6.45) is -0.237. The van der Waals surface area contributed by atoms with Crippen LogP contribution in [0, 0.1) is 17.6 Å². The zero-order valence-electron chi connectivity index (χ0n) is 14.6. The molecule has 5 nitrogen and oxygen atoms in total. The number of nitrogens with zero attached hydrogens (tertiary/aromatic N) is 2. The summed E-state index contributed by atoms with van der Waals surface area (Å²) >= 11 is 0. The average Bonchev–Trinajstić information content (AvgIpc) is 3.24. The number of fused-ring (bicyclic) bond motifs is 1. The average molecular weight is 371 g/mol. The molecule has 1 N–H and O–H groups in total. The van der Waals surface area contributed by atoms with Crippen LogP contribution in [0.5, 0.6) is 0 Å². The zero-order chi connectivity index (χ0) is 18.8. The van der Waals surface area contributed by atoms with E-state index in [0.29, 0.717) is 30.9 Å². The van der Waals surface area contributed by atoms with Crippen LogP contribution < -0.4 is 5.32 Å². The molecule has 2 aromatic carbocycles. The van der Waals surface area contributed by atoms with Crippen molar-refractivity contribution in [3.05, 3.63) is 71.3 Å². The molecule has 2 atom stereocenters. The highest BCUT2D eigenvalue weighted by atomic mass is 19.2. The maximum absolute atomic E-state index is 13.9. The summed E-state index contributed by atoms with van der Waals surface area (Å²) in [4.78, 5) is 19.8. The van der Waals surface area contributed by atoms with Gasteiger partial charge in [-0.25, -0.2) is 8.78 Å². The number of likely N-dealkylation sites (tertiary alicyclic amines) is 1. The Labute approximate surface area is 155 Å². The number of oxime groups is 1. The molecule has 140 valence electrons. The number of nitrogens with one attached hydrogen (secondary N) is 1. The predicted molar refractivity (Wildman–Crippen MR) is 95.7 cm³/mol. The minimum absolute atomic E-state index is 0.169. The van der Waals surface area contributed by atoms with E-state index in [-0.39, 0.29) is 24.5 Å². The molecule has 2 aliphatic rings. The molecule has 0 bridgehead atoms. The fourth-order valence-electron chi connectivity index (χ4n) is 3.53. The number of hydrogen-bond donors (Lipinski definition) is 1. The van der Waals surface area contributed by atoms with Crippen LogP contribution in [0.2, 0.25) is 0 Å². The summed E-state index contributed by atoms with van der Waals surface area (Å²) in [7, 11) is 0. The fraction of sp³-hybridized carbons (Fsp3) is 0.300. The lowest BCUT2D eigenvalue weighted by Crippen LogP contribution is -2.36. The van der Waals surface area contributed by atoms with Crippen LogP contribution in [0.1, 0.15) is 11.1 Å². The Hall–Kier alpha value is -2.80. The van der Waals surface area contributed by atoms with Gasteiger partial charge in [0, 0.05) is 31.7 Å². The summed E-state index contributed by atoms with van der Waals surface area (Å²) in [5, 5.41) is 6.81. The highest BCUT2D eigenvalue weighted by Crippen LogP contribution is 2.29. The number of amides is 1. The van der Waals surface area contributed by atoms with Gasteiger partial charge in [0.15, 0.2) is 17.3 Å². The van der Waals surface area contributed by atoms with Crippen molar-refractivity contribution in [2.75, 3.05) is 13.1 Å². The third-order valence-electron chi connectivity index (χ3n) is 4.93. The molecule has 7 heteroatoms. The van der Waals surface area contributed by atoms with Crippen LogP contribution in [0.25, 0.3) is 0 Å². The Bertz CT molecular complexity index is 873. The van der Waals surface area contributed by atoms with Gasteiger partial charge in [-0.05, 0) is 11.6 Å². The minimum atomic E-state index is -0.856. The first-order valence-electron chi connectivity index (χ1n) is 8.83. The third kappa shape index (κ3) is 3.68. The highest BCUT2D eigenvalue weighted by Gasteiger charge is 2.44. The van der Waals surface area contributed by atoms with Crippen LogP contribution in [0.3, 0.4) is 0 Å². The van der Waals surface area contributed by atoms with Gasteiger partial charge in [-0.2, -0.15) is 0 Å². The monoisotopic (exact) mass is 371 g/mol. The number of benzene rings is 2. The van der Waals surface area contributed by atoms with E-state index >= 15 is 0 Å². The van der Waals surface area contributed by atoms with Gasteiger partial charge >= 0.3 is 0 Å². The molecule has 0 radical (unpaired) electrons. The van der Waals surface area contributed by atoms with Crippen LogP contribution >= 0.6 is 0 Å². The van der Waals surface area contributed by atoms with Crippen molar-refractivity contribution in [3.8, 4) is 0 Å². The third-order valence-corrected chi connectivity index (χ3v) is 4.93. The smallest absolute Gasteiger partial charge is 0.269 e. The van der Waals surface area contributed by atoms with Gasteiger partial charge < -0.3 is 10.2 Å². The Balaban J connectivity index is 1.36. The lowest BCUT2D eigenvalue weighted by Gasteiger charge is -2.16. The van der Waals surface area contributed by atoms with Crippen LogP contribution in [-0.4, -0.2) is 35.7 Å². The van der Waals surface area contributed by atoms with E-state index in [1.54, 1.807) is 6.07 Å². The van der Waals surface area contributed by atoms with Crippen molar-refractivity contribution >= 4 is 11.6 Å². The molecule has 2 aliphatic heterocycles. The molecule has 2 heterocycles. The van der Waals surface area contributed by atoms with E-state index in [9.17, 15) is 13.6 Å². The van der Waals surface area contributed by atoms with Gasteiger partial charge in [-0.1, -0.05) is 47.6 Å². The van der Waals surface area contributed by atoms with E-state index in [0.717, 1.165) is 11.6 Å². The Kier molecular flexibility index (Phi) is 4.85. The SMILES string of the molecule is O=C(NCc1ccccc1)C1=NO[C@@H]2CN(Cc3cccc(F)c3F)C[C@H]12. The maximum atomic E-state index is 13.9. The number of halogens is 2. The molecule has 1 amide bonds. The molecule has 2 aromatic rings. The Morgan fingerprint density at radius 1 is 1.15 bits per heavy atom. The number of rotatable bonds is 5. The van der Waals surface area contributed by atoms with E-state index < -0.39 is 11.6 Å². The van der Waals surface area contributed by atoms with E-state index in [1.165, 1.54) is 6.07 Å². The van der Waals surface area contributed by atoms with Crippen molar-refractivity contribution in [1.82, 2.24) is 10.2 Å². The second kappa shape index (κ2) is 7.44. The Morgan fingerprint density at radius 3 is 2.78 bits per heavy atom. The Morgan fingerprint density at radius 2 is 1.96 bits per heavy atom. The molecule has 0 aromatic heterocycles. The number of carbonyl (C=O) groups is 1. The molecule has 27 heavy (non-hydrogen) atoms. The normalized spacial score (nSPS) is 21.5. The predicted octanol–water partition coefficient (Wildman–Crippen LogP) is 2.47.